The lowest BCUT2D eigenvalue weighted by molar-refractivity contribution is -0.142. The molecule has 0 fully saturated rings. The van der Waals surface area contributed by atoms with Crippen molar-refractivity contribution < 1.29 is 23.1 Å². The minimum Gasteiger partial charge on any atom is -0.392 e. The van der Waals surface area contributed by atoms with Crippen molar-refractivity contribution in [2.45, 2.75) is 12.8 Å². The summed E-state index contributed by atoms with van der Waals surface area (Å²) >= 11 is 0. The van der Waals surface area contributed by atoms with Crippen LogP contribution < -0.4 is 11.5 Å². The quantitative estimate of drug-likeness (QED) is 0.756. The fourth-order valence-corrected chi connectivity index (χ4v) is 1.73. The summed E-state index contributed by atoms with van der Waals surface area (Å²) in [5, 5.41) is 9.13. The lowest BCUT2D eigenvalue weighted by atomic mass is 10.1. The van der Waals surface area contributed by atoms with E-state index >= 15 is 0 Å². The van der Waals surface area contributed by atoms with E-state index in [4.69, 9.17) is 16.6 Å². The Balaban J connectivity index is 2.78. The van der Waals surface area contributed by atoms with E-state index in [-0.39, 0.29) is 22.4 Å². The smallest absolute Gasteiger partial charge is 0.392 e. The molecule has 0 radical (unpaired) electrons. The number of nitrogens with two attached hydrogens (primary N) is 2. The molecule has 0 unspecified atom stereocenters. The highest BCUT2D eigenvalue weighted by molar-refractivity contribution is 6.00. The van der Waals surface area contributed by atoms with Gasteiger partial charge in [0.15, 0.2) is 11.3 Å². The van der Waals surface area contributed by atoms with E-state index in [0.29, 0.717) is 0 Å². The van der Waals surface area contributed by atoms with Crippen LogP contribution in [0.4, 0.5) is 19.0 Å². The minimum atomic E-state index is -4.73. The van der Waals surface area contributed by atoms with Crippen LogP contribution in [0.2, 0.25) is 0 Å². The maximum Gasteiger partial charge on any atom is 0.433 e. The van der Waals surface area contributed by atoms with Gasteiger partial charge in [0.1, 0.15) is 5.82 Å². The highest BCUT2D eigenvalue weighted by Gasteiger charge is 2.35. The summed E-state index contributed by atoms with van der Waals surface area (Å²) in [6, 6.07) is 2.23. The highest BCUT2D eigenvalue weighted by Crippen LogP contribution is 2.32. The van der Waals surface area contributed by atoms with E-state index < -0.39 is 29.9 Å². The number of amides is 1. The molecule has 1 amide bonds. The van der Waals surface area contributed by atoms with Crippen LogP contribution in [0.5, 0.6) is 0 Å². The van der Waals surface area contributed by atoms with Gasteiger partial charge in [0.25, 0.3) is 5.91 Å². The number of nitrogen functional groups attached to an aromatic ring is 1. The summed E-state index contributed by atoms with van der Waals surface area (Å²) in [5.41, 5.74) is 8.43. The van der Waals surface area contributed by atoms with Crippen LogP contribution >= 0.6 is 0 Å². The molecule has 0 saturated carbocycles. The summed E-state index contributed by atoms with van der Waals surface area (Å²) in [4.78, 5) is 18.1. The molecule has 0 atom stereocenters. The van der Waals surface area contributed by atoms with Gasteiger partial charge in [-0.1, -0.05) is 0 Å². The molecule has 20 heavy (non-hydrogen) atoms. The number of pyridine rings is 2. The zero-order valence-electron chi connectivity index (χ0n) is 9.90. The number of aliphatic hydroxyl groups excluding tert-OH is 1. The second-order valence-corrected chi connectivity index (χ2v) is 3.98. The van der Waals surface area contributed by atoms with Gasteiger partial charge in [0.05, 0.1) is 12.2 Å². The average Bonchev–Trinajstić information content (AvgIpc) is 2.35. The van der Waals surface area contributed by atoms with Crippen molar-refractivity contribution in [1.29, 1.82) is 0 Å². The number of fused-ring (bicyclic) bond motifs is 1. The van der Waals surface area contributed by atoms with Crippen LogP contribution in [0.1, 0.15) is 21.6 Å². The lowest BCUT2D eigenvalue weighted by Crippen LogP contribution is -2.16. The predicted molar refractivity (Wildman–Crippen MR) is 63.4 cm³/mol. The number of rotatable bonds is 2. The first-order valence-corrected chi connectivity index (χ1v) is 5.32. The average molecular weight is 286 g/mol. The SMILES string of the molecule is NC(=O)c1cc2cc(CO)c(C(F)(F)F)nc2nc1N. The van der Waals surface area contributed by atoms with Crippen molar-refractivity contribution >= 4 is 22.8 Å². The second kappa shape index (κ2) is 4.60. The zero-order chi connectivity index (χ0) is 15.1. The first-order valence-electron chi connectivity index (χ1n) is 5.32. The maximum atomic E-state index is 12.8. The monoisotopic (exact) mass is 286 g/mol. The van der Waals surface area contributed by atoms with Gasteiger partial charge in [0, 0.05) is 10.9 Å². The molecule has 0 spiro atoms. The van der Waals surface area contributed by atoms with Crippen LogP contribution in [-0.4, -0.2) is 21.0 Å². The Kier molecular flexibility index (Phi) is 3.22. The van der Waals surface area contributed by atoms with Gasteiger partial charge >= 0.3 is 6.18 Å². The number of carbonyl (C=O) groups is 1. The first kappa shape index (κ1) is 14.0. The summed E-state index contributed by atoms with van der Waals surface area (Å²) in [7, 11) is 0. The number of aliphatic hydroxyl groups is 1. The third kappa shape index (κ3) is 2.35. The molecule has 0 aliphatic heterocycles. The van der Waals surface area contributed by atoms with Gasteiger partial charge in [-0.05, 0) is 12.1 Å². The number of alkyl halides is 3. The predicted octanol–water partition coefficient (Wildman–Crippen LogP) is 0.822. The second-order valence-electron chi connectivity index (χ2n) is 3.98. The first-order chi connectivity index (χ1) is 9.24. The standard InChI is InChI=1S/C11H9F3N4O2/c12-11(13,14)7-5(3-19)1-4-2-6(9(16)20)8(15)18-10(4)17-7/h1-2,19H,3H2,(H2,16,20)(H2,15,17,18). The zero-order valence-corrected chi connectivity index (χ0v) is 9.90. The Morgan fingerprint density at radius 1 is 1.30 bits per heavy atom. The van der Waals surface area contributed by atoms with Crippen LogP contribution in [-0.2, 0) is 12.8 Å². The molecule has 0 saturated heterocycles. The highest BCUT2D eigenvalue weighted by atomic mass is 19.4. The van der Waals surface area contributed by atoms with Crippen LogP contribution in [0.25, 0.3) is 11.0 Å². The lowest BCUT2D eigenvalue weighted by Gasteiger charge is -2.12. The Labute approximate surface area is 110 Å². The Morgan fingerprint density at radius 2 is 1.95 bits per heavy atom. The number of hydrogen-bond donors (Lipinski definition) is 3. The van der Waals surface area contributed by atoms with E-state index in [0.717, 1.165) is 6.07 Å². The van der Waals surface area contributed by atoms with Crippen molar-refractivity contribution in [3.05, 3.63) is 29.0 Å². The molecule has 106 valence electrons. The molecular weight excluding hydrogens is 277 g/mol. The normalized spacial score (nSPS) is 11.8. The summed E-state index contributed by atoms with van der Waals surface area (Å²) in [6.07, 6.45) is -4.73. The van der Waals surface area contributed by atoms with E-state index in [1.165, 1.54) is 6.07 Å². The number of carbonyl (C=O) groups excluding carboxylic acids is 1. The Hall–Kier alpha value is -2.42. The molecule has 2 aromatic rings. The molecule has 2 heterocycles. The van der Waals surface area contributed by atoms with Crippen molar-refractivity contribution in [3.8, 4) is 0 Å². The maximum absolute atomic E-state index is 12.8. The van der Waals surface area contributed by atoms with Crippen molar-refractivity contribution in [2.24, 2.45) is 5.73 Å². The number of halogens is 3. The summed E-state index contributed by atoms with van der Waals surface area (Å²) < 4.78 is 38.3. The van der Waals surface area contributed by atoms with Gasteiger partial charge in [-0.3, -0.25) is 4.79 Å². The summed E-state index contributed by atoms with van der Waals surface area (Å²) in [6.45, 7) is -0.853. The minimum absolute atomic E-state index is 0.122. The molecule has 0 bridgehead atoms. The van der Waals surface area contributed by atoms with E-state index in [2.05, 4.69) is 9.97 Å². The number of nitrogens with zero attached hydrogens (tertiary/aromatic N) is 2. The van der Waals surface area contributed by atoms with Gasteiger partial charge in [-0.25, -0.2) is 9.97 Å². The third-order valence-corrected chi connectivity index (χ3v) is 2.62. The summed E-state index contributed by atoms with van der Waals surface area (Å²) in [5.74, 6) is -1.16. The largest absolute Gasteiger partial charge is 0.433 e. The van der Waals surface area contributed by atoms with E-state index in [1.54, 1.807) is 0 Å². The van der Waals surface area contributed by atoms with Gasteiger partial charge < -0.3 is 16.6 Å². The molecule has 2 aromatic heterocycles. The fraction of sp³-hybridized carbons (Fsp3) is 0.182. The van der Waals surface area contributed by atoms with Crippen LogP contribution in [0, 0.1) is 0 Å². The molecule has 0 aliphatic carbocycles. The molecule has 9 heteroatoms. The number of anilines is 1. The molecule has 6 nitrogen and oxygen atoms in total. The topological polar surface area (TPSA) is 115 Å². The van der Waals surface area contributed by atoms with E-state index in [9.17, 15) is 18.0 Å². The molecule has 2 rings (SSSR count). The van der Waals surface area contributed by atoms with Gasteiger partial charge in [-0.2, -0.15) is 13.2 Å². The van der Waals surface area contributed by atoms with Crippen molar-refractivity contribution in [2.75, 3.05) is 5.73 Å². The molecule has 0 aliphatic rings. The fourth-order valence-electron chi connectivity index (χ4n) is 1.73. The molecule has 0 aromatic carbocycles. The Bertz CT molecular complexity index is 700. The van der Waals surface area contributed by atoms with Gasteiger partial charge in [-0.15, -0.1) is 0 Å². The number of hydrogen-bond acceptors (Lipinski definition) is 5. The molecule has 5 N–H and O–H groups in total. The van der Waals surface area contributed by atoms with Crippen LogP contribution in [0.15, 0.2) is 12.1 Å². The number of aromatic nitrogens is 2. The third-order valence-electron chi connectivity index (χ3n) is 2.62. The van der Waals surface area contributed by atoms with Gasteiger partial charge in [0.2, 0.25) is 0 Å². The molecular formula is C11H9F3N4O2. The Morgan fingerprint density at radius 3 is 2.45 bits per heavy atom. The van der Waals surface area contributed by atoms with E-state index in [1.807, 2.05) is 0 Å². The van der Waals surface area contributed by atoms with Crippen molar-refractivity contribution in [3.63, 3.8) is 0 Å². The van der Waals surface area contributed by atoms with Crippen molar-refractivity contribution in [1.82, 2.24) is 9.97 Å². The number of primary amides is 1. The van der Waals surface area contributed by atoms with Crippen LogP contribution in [0.3, 0.4) is 0 Å².